The summed E-state index contributed by atoms with van der Waals surface area (Å²) in [5.41, 5.74) is 0. The first-order chi connectivity index (χ1) is 5.61. The minimum atomic E-state index is -0.145. The van der Waals surface area contributed by atoms with Crippen LogP contribution in [0, 0.1) is 5.92 Å². The molecule has 0 saturated carbocycles. The maximum absolute atomic E-state index is 10.7. The molecule has 2 nitrogen and oxygen atoms in total. The summed E-state index contributed by atoms with van der Waals surface area (Å²) in [6.45, 7) is 5.85. The van der Waals surface area contributed by atoms with E-state index in [0.29, 0.717) is 11.2 Å². The lowest BCUT2D eigenvalue weighted by molar-refractivity contribution is -0.146. The largest absolute Gasteiger partial charge is 0.461 e. The first kappa shape index (κ1) is 9.90. The maximum atomic E-state index is 10.7. The van der Waals surface area contributed by atoms with Crippen molar-refractivity contribution in [3.05, 3.63) is 0 Å². The Bertz CT molecular complexity index is 168. The Morgan fingerprint density at radius 1 is 1.58 bits per heavy atom. The van der Waals surface area contributed by atoms with Crippen molar-refractivity contribution in [2.45, 2.75) is 38.5 Å². The van der Waals surface area contributed by atoms with Gasteiger partial charge in [-0.3, -0.25) is 4.79 Å². The van der Waals surface area contributed by atoms with E-state index in [4.69, 9.17) is 4.74 Å². The first-order valence-corrected chi connectivity index (χ1v) is 5.45. The fourth-order valence-electron chi connectivity index (χ4n) is 1.55. The molecule has 0 bridgehead atoms. The highest BCUT2D eigenvalue weighted by Crippen LogP contribution is 2.34. The second kappa shape index (κ2) is 4.17. The molecule has 0 N–H and O–H groups in total. The molecule has 1 aliphatic heterocycles. The van der Waals surface area contributed by atoms with Crippen LogP contribution in [0.5, 0.6) is 0 Å². The Morgan fingerprint density at radius 2 is 2.25 bits per heavy atom. The van der Waals surface area contributed by atoms with Crippen LogP contribution < -0.4 is 0 Å². The van der Waals surface area contributed by atoms with Crippen molar-refractivity contribution < 1.29 is 9.53 Å². The monoisotopic (exact) mass is 188 g/mol. The summed E-state index contributed by atoms with van der Waals surface area (Å²) >= 11 is 1.92. The lowest BCUT2D eigenvalue weighted by atomic mass is 10.0. The highest BCUT2D eigenvalue weighted by Gasteiger charge is 2.32. The molecule has 0 aromatic rings. The molecule has 0 aliphatic carbocycles. The van der Waals surface area contributed by atoms with E-state index in [-0.39, 0.29) is 12.1 Å². The van der Waals surface area contributed by atoms with Gasteiger partial charge in [-0.1, -0.05) is 13.8 Å². The van der Waals surface area contributed by atoms with Gasteiger partial charge in [-0.05, 0) is 18.1 Å². The smallest absolute Gasteiger partial charge is 0.302 e. The summed E-state index contributed by atoms with van der Waals surface area (Å²) in [6.07, 6.45) is 1.18. The van der Waals surface area contributed by atoms with Gasteiger partial charge in [0.1, 0.15) is 6.10 Å². The van der Waals surface area contributed by atoms with E-state index in [9.17, 15) is 4.79 Å². The Morgan fingerprint density at radius 3 is 2.75 bits per heavy atom. The molecule has 70 valence electrons. The average Bonchev–Trinajstić information content (AvgIpc) is 2.33. The molecular weight excluding hydrogens is 172 g/mol. The van der Waals surface area contributed by atoms with E-state index < -0.39 is 0 Å². The Kier molecular flexibility index (Phi) is 3.44. The molecule has 1 rings (SSSR count). The second-order valence-corrected chi connectivity index (χ2v) is 4.80. The summed E-state index contributed by atoms with van der Waals surface area (Å²) in [6, 6.07) is 0. The predicted molar refractivity (Wildman–Crippen MR) is 51.3 cm³/mol. The lowest BCUT2D eigenvalue weighted by Crippen LogP contribution is -2.27. The summed E-state index contributed by atoms with van der Waals surface area (Å²) in [4.78, 5) is 10.7. The highest BCUT2D eigenvalue weighted by molar-refractivity contribution is 8.00. The van der Waals surface area contributed by atoms with Crippen molar-refractivity contribution >= 4 is 17.7 Å². The van der Waals surface area contributed by atoms with Gasteiger partial charge in [0.05, 0.1) is 0 Å². The highest BCUT2D eigenvalue weighted by atomic mass is 32.2. The summed E-state index contributed by atoms with van der Waals surface area (Å²) in [7, 11) is 0. The predicted octanol–water partition coefficient (Wildman–Crippen LogP) is 2.08. The Balaban J connectivity index is 2.46. The molecule has 0 unspecified atom stereocenters. The number of hydrogen-bond donors (Lipinski definition) is 0. The normalized spacial score (nSPS) is 29.3. The van der Waals surface area contributed by atoms with Gasteiger partial charge in [-0.2, -0.15) is 11.8 Å². The summed E-state index contributed by atoms with van der Waals surface area (Å²) in [5.74, 6) is 1.58. The van der Waals surface area contributed by atoms with Gasteiger partial charge in [0, 0.05) is 12.2 Å². The molecule has 0 radical (unpaired) electrons. The third-order valence-corrected chi connectivity index (χ3v) is 3.76. The van der Waals surface area contributed by atoms with E-state index in [1.807, 2.05) is 11.8 Å². The molecule has 0 aromatic carbocycles. The minimum absolute atomic E-state index is 0.145. The van der Waals surface area contributed by atoms with E-state index in [0.717, 1.165) is 12.2 Å². The van der Waals surface area contributed by atoms with E-state index in [1.165, 1.54) is 6.92 Å². The first-order valence-electron chi connectivity index (χ1n) is 4.40. The van der Waals surface area contributed by atoms with Crippen LogP contribution in [0.25, 0.3) is 0 Å². The van der Waals surface area contributed by atoms with Crippen molar-refractivity contribution in [2.24, 2.45) is 5.92 Å². The van der Waals surface area contributed by atoms with Crippen molar-refractivity contribution in [3.63, 3.8) is 0 Å². The zero-order valence-corrected chi connectivity index (χ0v) is 8.69. The zero-order chi connectivity index (χ0) is 9.14. The molecule has 1 saturated heterocycles. The Labute approximate surface area is 78.1 Å². The van der Waals surface area contributed by atoms with Crippen LogP contribution in [0.1, 0.15) is 27.2 Å². The van der Waals surface area contributed by atoms with Gasteiger partial charge < -0.3 is 4.74 Å². The number of esters is 1. The molecule has 0 aromatic heterocycles. The van der Waals surface area contributed by atoms with E-state index in [2.05, 4.69) is 13.8 Å². The van der Waals surface area contributed by atoms with Gasteiger partial charge >= 0.3 is 5.97 Å². The summed E-state index contributed by atoms with van der Waals surface area (Å²) < 4.78 is 5.23. The number of rotatable bonds is 2. The van der Waals surface area contributed by atoms with E-state index in [1.54, 1.807) is 0 Å². The van der Waals surface area contributed by atoms with Gasteiger partial charge in [0.2, 0.25) is 0 Å². The van der Waals surface area contributed by atoms with Gasteiger partial charge in [0.15, 0.2) is 0 Å². The van der Waals surface area contributed by atoms with Gasteiger partial charge in [0.25, 0.3) is 0 Å². The van der Waals surface area contributed by atoms with Crippen molar-refractivity contribution in [2.75, 3.05) is 5.75 Å². The maximum Gasteiger partial charge on any atom is 0.302 e. The lowest BCUT2D eigenvalue weighted by Gasteiger charge is -2.21. The van der Waals surface area contributed by atoms with Gasteiger partial charge in [-0.25, -0.2) is 0 Å². The topological polar surface area (TPSA) is 26.3 Å². The number of carbonyl (C=O) groups excluding carboxylic acids is 1. The third-order valence-electron chi connectivity index (χ3n) is 2.05. The molecular formula is C9H16O2S. The number of thioether (sulfide) groups is 1. The van der Waals surface area contributed by atoms with Crippen LogP contribution in [0.15, 0.2) is 0 Å². The third kappa shape index (κ3) is 2.41. The molecule has 0 amide bonds. The zero-order valence-electron chi connectivity index (χ0n) is 7.87. The Hall–Kier alpha value is -0.180. The molecule has 1 fully saturated rings. The molecule has 0 spiro atoms. The van der Waals surface area contributed by atoms with Crippen LogP contribution in [0.4, 0.5) is 0 Å². The number of hydrogen-bond acceptors (Lipinski definition) is 3. The quantitative estimate of drug-likeness (QED) is 0.621. The fraction of sp³-hybridized carbons (Fsp3) is 0.889. The van der Waals surface area contributed by atoms with Crippen molar-refractivity contribution in [1.82, 2.24) is 0 Å². The molecule has 12 heavy (non-hydrogen) atoms. The minimum Gasteiger partial charge on any atom is -0.461 e. The number of carbonyl (C=O) groups is 1. The summed E-state index contributed by atoms with van der Waals surface area (Å²) in [5, 5.41) is 0.508. The fourth-order valence-corrected chi connectivity index (χ4v) is 2.98. The molecule has 2 atom stereocenters. The van der Waals surface area contributed by atoms with Gasteiger partial charge in [-0.15, -0.1) is 0 Å². The van der Waals surface area contributed by atoms with Crippen LogP contribution in [-0.4, -0.2) is 23.1 Å². The van der Waals surface area contributed by atoms with Crippen molar-refractivity contribution in [3.8, 4) is 0 Å². The standard InChI is InChI=1S/C9H16O2S/c1-6(2)9-8(4-5-12-9)11-7(3)10/h6,8-9H,4-5H2,1-3H3/t8-,9-/m0/s1. The van der Waals surface area contributed by atoms with Crippen LogP contribution in [0.3, 0.4) is 0 Å². The number of ether oxygens (including phenoxy) is 1. The second-order valence-electron chi connectivity index (χ2n) is 3.52. The van der Waals surface area contributed by atoms with Crippen LogP contribution >= 0.6 is 11.8 Å². The molecule has 1 aliphatic rings. The van der Waals surface area contributed by atoms with Crippen LogP contribution in [0.2, 0.25) is 0 Å². The SMILES string of the molecule is CC(=O)O[C@H]1CCS[C@H]1C(C)C. The van der Waals surface area contributed by atoms with Crippen molar-refractivity contribution in [1.29, 1.82) is 0 Å². The molecule has 1 heterocycles. The average molecular weight is 188 g/mol. The molecule has 3 heteroatoms. The van der Waals surface area contributed by atoms with E-state index >= 15 is 0 Å². The van der Waals surface area contributed by atoms with Crippen LogP contribution in [-0.2, 0) is 9.53 Å².